The van der Waals surface area contributed by atoms with Gasteiger partial charge in [0, 0.05) is 18.5 Å². The van der Waals surface area contributed by atoms with Gasteiger partial charge in [0.25, 0.3) is 0 Å². The van der Waals surface area contributed by atoms with Crippen molar-refractivity contribution in [2.75, 3.05) is 0 Å². The average molecular weight is 188 g/mol. The van der Waals surface area contributed by atoms with Crippen LogP contribution in [0.5, 0.6) is 0 Å². The van der Waals surface area contributed by atoms with E-state index in [1.165, 1.54) is 0 Å². The van der Waals surface area contributed by atoms with E-state index >= 15 is 0 Å². The molecule has 1 aromatic heterocycles. The topological polar surface area (TPSA) is 63.6 Å². The quantitative estimate of drug-likeness (QED) is 0.719. The van der Waals surface area contributed by atoms with E-state index in [0.29, 0.717) is 5.84 Å². The molecule has 0 fully saturated rings. The van der Waals surface area contributed by atoms with Crippen molar-refractivity contribution in [3.8, 4) is 0 Å². The zero-order chi connectivity index (χ0) is 9.97. The summed E-state index contributed by atoms with van der Waals surface area (Å²) in [7, 11) is 0. The molecule has 1 atom stereocenters. The molecule has 4 nitrogen and oxygen atoms in total. The van der Waals surface area contributed by atoms with Gasteiger partial charge in [-0.15, -0.1) is 5.10 Å². The Bertz CT molecular complexity index is 380. The first-order valence-corrected chi connectivity index (χ1v) is 4.58. The van der Waals surface area contributed by atoms with Gasteiger partial charge in [-0.25, -0.2) is 0 Å². The number of rotatable bonds is 1. The van der Waals surface area contributed by atoms with E-state index in [-0.39, 0.29) is 5.92 Å². The lowest BCUT2D eigenvalue weighted by Crippen LogP contribution is -2.27. The summed E-state index contributed by atoms with van der Waals surface area (Å²) < 4.78 is 0. The zero-order valence-electron chi connectivity index (χ0n) is 8.01. The lowest BCUT2D eigenvalue weighted by Gasteiger charge is -2.15. The molecule has 1 aliphatic heterocycles. The summed E-state index contributed by atoms with van der Waals surface area (Å²) in [5.74, 6) is 0.856. The van der Waals surface area contributed by atoms with Gasteiger partial charge in [0.2, 0.25) is 0 Å². The van der Waals surface area contributed by atoms with Gasteiger partial charge in [0.1, 0.15) is 5.84 Å². The van der Waals surface area contributed by atoms with Crippen LogP contribution >= 0.6 is 0 Å². The van der Waals surface area contributed by atoms with Crippen LogP contribution < -0.4 is 5.73 Å². The minimum atomic E-state index is 0.254. The molecule has 0 saturated heterocycles. The van der Waals surface area contributed by atoms with Gasteiger partial charge < -0.3 is 5.73 Å². The maximum atomic E-state index is 5.64. The van der Waals surface area contributed by atoms with Crippen molar-refractivity contribution < 1.29 is 0 Å². The van der Waals surface area contributed by atoms with Crippen molar-refractivity contribution in [3.63, 3.8) is 0 Å². The third-order valence-corrected chi connectivity index (χ3v) is 2.25. The van der Waals surface area contributed by atoms with Crippen LogP contribution in [0.1, 0.15) is 19.0 Å². The van der Waals surface area contributed by atoms with E-state index in [2.05, 4.69) is 15.2 Å². The highest BCUT2D eigenvalue weighted by Crippen LogP contribution is 2.13. The standard InChI is InChI=1S/C10H12N4/c1-7-6-9(13-14-10(7)11)8-4-2-3-5-12-8/h2-5,7H,6H2,1H3,(H2,11,14). The molecule has 1 unspecified atom stereocenters. The van der Waals surface area contributed by atoms with Gasteiger partial charge in [-0.3, -0.25) is 4.98 Å². The smallest absolute Gasteiger partial charge is 0.125 e. The summed E-state index contributed by atoms with van der Waals surface area (Å²) in [6, 6.07) is 5.76. The van der Waals surface area contributed by atoms with E-state index < -0.39 is 0 Å². The van der Waals surface area contributed by atoms with Crippen LogP contribution in [-0.2, 0) is 0 Å². The van der Waals surface area contributed by atoms with Crippen molar-refractivity contribution in [2.24, 2.45) is 21.9 Å². The van der Waals surface area contributed by atoms with Crippen LogP contribution in [0.25, 0.3) is 0 Å². The van der Waals surface area contributed by atoms with Crippen LogP contribution in [0.2, 0.25) is 0 Å². The normalized spacial score (nSPS) is 21.4. The molecule has 2 N–H and O–H groups in total. The summed E-state index contributed by atoms with van der Waals surface area (Å²) in [4.78, 5) is 4.22. The molecule has 2 rings (SSSR count). The fourth-order valence-corrected chi connectivity index (χ4v) is 1.34. The highest BCUT2D eigenvalue weighted by atomic mass is 15.2. The Balaban J connectivity index is 2.30. The minimum Gasteiger partial charge on any atom is -0.385 e. The van der Waals surface area contributed by atoms with Gasteiger partial charge in [0.15, 0.2) is 0 Å². The first kappa shape index (κ1) is 8.87. The molecule has 0 saturated carbocycles. The predicted octanol–water partition coefficient (Wildman–Crippen LogP) is 1.18. The van der Waals surface area contributed by atoms with E-state index in [1.54, 1.807) is 6.20 Å². The molecule has 14 heavy (non-hydrogen) atoms. The number of pyridine rings is 1. The average Bonchev–Trinajstić information content (AvgIpc) is 2.23. The number of nitrogens with zero attached hydrogens (tertiary/aromatic N) is 3. The van der Waals surface area contributed by atoms with Gasteiger partial charge in [-0.05, 0) is 12.1 Å². The molecular formula is C10H12N4. The molecule has 0 aromatic carbocycles. The van der Waals surface area contributed by atoms with Crippen molar-refractivity contribution in [1.82, 2.24) is 4.98 Å². The Morgan fingerprint density at radius 1 is 1.36 bits per heavy atom. The Morgan fingerprint density at radius 3 is 2.86 bits per heavy atom. The Kier molecular flexibility index (Phi) is 2.26. The predicted molar refractivity (Wildman–Crippen MR) is 56.2 cm³/mol. The van der Waals surface area contributed by atoms with E-state index in [0.717, 1.165) is 17.8 Å². The van der Waals surface area contributed by atoms with Gasteiger partial charge in [0.05, 0.1) is 11.4 Å². The Morgan fingerprint density at radius 2 is 2.21 bits per heavy atom. The number of aromatic nitrogens is 1. The SMILES string of the molecule is CC1CC(c2ccccn2)=NN=C1N. The summed E-state index contributed by atoms with van der Waals surface area (Å²) in [6.07, 6.45) is 2.57. The minimum absolute atomic E-state index is 0.254. The van der Waals surface area contributed by atoms with Crippen molar-refractivity contribution in [3.05, 3.63) is 30.1 Å². The first-order chi connectivity index (χ1) is 6.77. The fourth-order valence-electron chi connectivity index (χ4n) is 1.34. The van der Waals surface area contributed by atoms with Crippen LogP contribution in [0.4, 0.5) is 0 Å². The lowest BCUT2D eigenvalue weighted by molar-refractivity contribution is 0.777. The largest absolute Gasteiger partial charge is 0.385 e. The van der Waals surface area contributed by atoms with Gasteiger partial charge >= 0.3 is 0 Å². The van der Waals surface area contributed by atoms with Crippen LogP contribution in [0.3, 0.4) is 0 Å². The molecule has 2 heterocycles. The first-order valence-electron chi connectivity index (χ1n) is 4.58. The molecule has 0 bridgehead atoms. The molecule has 0 spiro atoms. The summed E-state index contributed by atoms with van der Waals surface area (Å²) in [5.41, 5.74) is 7.44. The van der Waals surface area contributed by atoms with Crippen molar-refractivity contribution in [1.29, 1.82) is 0 Å². The number of hydrogen-bond acceptors (Lipinski definition) is 4. The second-order valence-corrected chi connectivity index (χ2v) is 3.39. The number of amidine groups is 1. The summed E-state index contributed by atoms with van der Waals surface area (Å²) in [5, 5.41) is 7.96. The lowest BCUT2D eigenvalue weighted by atomic mass is 10.0. The van der Waals surface area contributed by atoms with Crippen molar-refractivity contribution in [2.45, 2.75) is 13.3 Å². The molecule has 1 aliphatic rings. The number of nitrogens with two attached hydrogens (primary N) is 1. The fraction of sp³-hybridized carbons (Fsp3) is 0.300. The second kappa shape index (κ2) is 3.57. The zero-order valence-corrected chi connectivity index (χ0v) is 8.01. The van der Waals surface area contributed by atoms with Crippen LogP contribution in [0, 0.1) is 5.92 Å². The van der Waals surface area contributed by atoms with E-state index in [9.17, 15) is 0 Å². The van der Waals surface area contributed by atoms with Crippen LogP contribution in [-0.4, -0.2) is 16.5 Å². The highest BCUT2D eigenvalue weighted by Gasteiger charge is 2.17. The molecule has 0 aliphatic carbocycles. The third kappa shape index (κ3) is 1.64. The van der Waals surface area contributed by atoms with E-state index in [4.69, 9.17) is 5.73 Å². The van der Waals surface area contributed by atoms with Gasteiger partial charge in [-0.1, -0.05) is 13.0 Å². The summed E-state index contributed by atoms with van der Waals surface area (Å²) in [6.45, 7) is 2.04. The highest BCUT2D eigenvalue weighted by molar-refractivity contribution is 6.03. The van der Waals surface area contributed by atoms with Gasteiger partial charge in [-0.2, -0.15) is 5.10 Å². The maximum Gasteiger partial charge on any atom is 0.125 e. The summed E-state index contributed by atoms with van der Waals surface area (Å²) >= 11 is 0. The third-order valence-electron chi connectivity index (χ3n) is 2.25. The maximum absolute atomic E-state index is 5.64. The molecule has 0 radical (unpaired) electrons. The van der Waals surface area contributed by atoms with Crippen LogP contribution in [0.15, 0.2) is 34.6 Å². The number of hydrogen-bond donors (Lipinski definition) is 1. The molecule has 1 aromatic rings. The van der Waals surface area contributed by atoms with E-state index in [1.807, 2.05) is 25.1 Å². The molecule has 4 heteroatoms. The Hall–Kier alpha value is -1.71. The Labute approximate surface area is 82.6 Å². The molecular weight excluding hydrogens is 176 g/mol. The second-order valence-electron chi connectivity index (χ2n) is 3.39. The molecule has 72 valence electrons. The molecule has 0 amide bonds. The van der Waals surface area contributed by atoms with Crippen molar-refractivity contribution >= 4 is 11.5 Å². The monoisotopic (exact) mass is 188 g/mol.